The van der Waals surface area contributed by atoms with Gasteiger partial charge in [-0.1, -0.05) is 0 Å². The van der Waals surface area contributed by atoms with Crippen LogP contribution in [0.4, 0.5) is 13.2 Å². The van der Waals surface area contributed by atoms with Gasteiger partial charge >= 0.3 is 0 Å². The lowest BCUT2D eigenvalue weighted by molar-refractivity contribution is 0.145. The summed E-state index contributed by atoms with van der Waals surface area (Å²) in [5.74, 6) is -1.31. The van der Waals surface area contributed by atoms with Crippen LogP contribution in [0.2, 0.25) is 0 Å². The molecule has 0 atom stereocenters. The van der Waals surface area contributed by atoms with Crippen LogP contribution in [0.3, 0.4) is 0 Å². The van der Waals surface area contributed by atoms with E-state index in [4.69, 9.17) is 16.9 Å². The van der Waals surface area contributed by atoms with Crippen molar-refractivity contribution in [2.75, 3.05) is 0 Å². The lowest BCUT2D eigenvalue weighted by Crippen LogP contribution is -2.02. The minimum atomic E-state index is -2.86. The molecule has 0 spiro atoms. The van der Waals surface area contributed by atoms with Gasteiger partial charge in [-0.05, 0) is 0 Å². The molecule has 6 heteroatoms. The van der Waals surface area contributed by atoms with Crippen molar-refractivity contribution in [2.45, 2.75) is 12.3 Å². The van der Waals surface area contributed by atoms with Crippen LogP contribution in [0.25, 0.3) is 0 Å². The zero-order chi connectivity index (χ0) is 10.7. The SMILES string of the molecule is N#Cc1c(F)cnc(C(F)F)c1CCl. The summed E-state index contributed by atoms with van der Waals surface area (Å²) >= 11 is 5.34. The van der Waals surface area contributed by atoms with E-state index in [1.54, 1.807) is 0 Å². The first-order valence-corrected chi connectivity index (χ1v) is 4.06. The maximum atomic E-state index is 12.9. The monoisotopic (exact) mass is 220 g/mol. The van der Waals surface area contributed by atoms with E-state index in [9.17, 15) is 13.2 Å². The number of nitriles is 1. The molecule has 1 aromatic heterocycles. The van der Waals surface area contributed by atoms with E-state index in [0.29, 0.717) is 6.20 Å². The first-order chi connectivity index (χ1) is 6.61. The average molecular weight is 221 g/mol. The molecule has 0 saturated carbocycles. The Balaban J connectivity index is 3.42. The number of aromatic nitrogens is 1. The van der Waals surface area contributed by atoms with Gasteiger partial charge in [-0.25, -0.2) is 13.2 Å². The molecule has 0 aliphatic rings. The van der Waals surface area contributed by atoms with Gasteiger partial charge in [-0.15, -0.1) is 11.6 Å². The second-order valence-corrected chi connectivity index (χ2v) is 2.66. The molecule has 2 nitrogen and oxygen atoms in total. The van der Waals surface area contributed by atoms with Gasteiger partial charge in [0.2, 0.25) is 0 Å². The van der Waals surface area contributed by atoms with Gasteiger partial charge in [0, 0.05) is 5.56 Å². The molecule has 0 aliphatic carbocycles. The van der Waals surface area contributed by atoms with E-state index in [0.717, 1.165) is 0 Å². The molecular formula is C8H4ClF3N2. The van der Waals surface area contributed by atoms with Crippen LogP contribution in [0, 0.1) is 17.1 Å². The summed E-state index contributed by atoms with van der Waals surface area (Å²) in [5, 5.41) is 8.52. The van der Waals surface area contributed by atoms with Crippen molar-refractivity contribution in [3.63, 3.8) is 0 Å². The van der Waals surface area contributed by atoms with E-state index < -0.39 is 23.5 Å². The Kier molecular flexibility index (Phi) is 3.31. The van der Waals surface area contributed by atoms with Gasteiger partial charge in [0.15, 0.2) is 5.82 Å². The Bertz CT molecular complexity index is 387. The molecule has 74 valence electrons. The van der Waals surface area contributed by atoms with Gasteiger partial charge in [0.05, 0.1) is 17.6 Å². The van der Waals surface area contributed by atoms with Crippen molar-refractivity contribution in [1.82, 2.24) is 4.98 Å². The van der Waals surface area contributed by atoms with Crippen molar-refractivity contribution >= 4 is 11.6 Å². The molecule has 1 rings (SSSR count). The van der Waals surface area contributed by atoms with E-state index in [1.807, 2.05) is 0 Å². The summed E-state index contributed by atoms with van der Waals surface area (Å²) < 4.78 is 37.5. The lowest BCUT2D eigenvalue weighted by atomic mass is 10.1. The molecule has 0 saturated heterocycles. The van der Waals surface area contributed by atoms with Gasteiger partial charge in [0.25, 0.3) is 6.43 Å². The first-order valence-electron chi connectivity index (χ1n) is 3.53. The van der Waals surface area contributed by atoms with Crippen LogP contribution in [0.5, 0.6) is 0 Å². The topological polar surface area (TPSA) is 36.7 Å². The number of nitrogens with zero attached hydrogens (tertiary/aromatic N) is 2. The Morgan fingerprint density at radius 2 is 2.21 bits per heavy atom. The fraction of sp³-hybridized carbons (Fsp3) is 0.250. The summed E-state index contributed by atoms with van der Waals surface area (Å²) in [4.78, 5) is 3.20. The van der Waals surface area contributed by atoms with Crippen LogP contribution in [-0.4, -0.2) is 4.98 Å². The number of hydrogen-bond acceptors (Lipinski definition) is 2. The Morgan fingerprint density at radius 1 is 1.57 bits per heavy atom. The number of halogens is 4. The van der Waals surface area contributed by atoms with Crippen LogP contribution in [0.1, 0.15) is 23.2 Å². The van der Waals surface area contributed by atoms with Gasteiger partial charge < -0.3 is 0 Å². The molecule has 0 unspecified atom stereocenters. The average Bonchev–Trinajstić information content (AvgIpc) is 2.16. The summed E-state index contributed by atoms with van der Waals surface area (Å²) in [6, 6.07) is 1.48. The van der Waals surface area contributed by atoms with Gasteiger partial charge in [-0.3, -0.25) is 4.98 Å². The molecule has 1 aromatic rings. The summed E-state index contributed by atoms with van der Waals surface area (Å²) in [5.41, 5.74) is -1.35. The number of hydrogen-bond donors (Lipinski definition) is 0. The number of pyridine rings is 1. The molecular weight excluding hydrogens is 217 g/mol. The lowest BCUT2D eigenvalue weighted by Gasteiger charge is -2.06. The highest BCUT2D eigenvalue weighted by Crippen LogP contribution is 2.25. The Labute approximate surface area is 82.9 Å². The predicted molar refractivity (Wildman–Crippen MR) is 43.4 cm³/mol. The Hall–Kier alpha value is -1.28. The maximum absolute atomic E-state index is 12.9. The zero-order valence-electron chi connectivity index (χ0n) is 6.77. The van der Waals surface area contributed by atoms with Crippen molar-refractivity contribution in [3.8, 4) is 6.07 Å². The number of rotatable bonds is 2. The third-order valence-corrected chi connectivity index (χ3v) is 1.89. The van der Waals surface area contributed by atoms with Crippen molar-refractivity contribution in [3.05, 3.63) is 28.8 Å². The van der Waals surface area contributed by atoms with E-state index in [1.165, 1.54) is 6.07 Å². The fourth-order valence-electron chi connectivity index (χ4n) is 0.985. The maximum Gasteiger partial charge on any atom is 0.280 e. The molecule has 0 radical (unpaired) electrons. The van der Waals surface area contributed by atoms with Gasteiger partial charge in [-0.2, -0.15) is 5.26 Å². The Morgan fingerprint density at radius 3 is 2.64 bits per heavy atom. The largest absolute Gasteiger partial charge is 0.280 e. The van der Waals surface area contributed by atoms with Crippen molar-refractivity contribution in [2.24, 2.45) is 0 Å². The molecule has 0 fully saturated rings. The fourth-order valence-corrected chi connectivity index (χ4v) is 1.26. The third kappa shape index (κ3) is 1.80. The third-order valence-electron chi connectivity index (χ3n) is 1.62. The van der Waals surface area contributed by atoms with E-state index in [-0.39, 0.29) is 11.4 Å². The second kappa shape index (κ2) is 4.29. The molecule has 14 heavy (non-hydrogen) atoms. The van der Waals surface area contributed by atoms with Crippen molar-refractivity contribution in [1.29, 1.82) is 5.26 Å². The molecule has 0 aromatic carbocycles. The van der Waals surface area contributed by atoms with Crippen LogP contribution < -0.4 is 0 Å². The van der Waals surface area contributed by atoms with E-state index in [2.05, 4.69) is 4.98 Å². The molecule has 0 N–H and O–H groups in total. The molecule has 0 amide bonds. The van der Waals surface area contributed by atoms with Crippen LogP contribution >= 0.6 is 11.6 Å². The molecule has 1 heterocycles. The number of alkyl halides is 3. The summed E-state index contributed by atoms with van der Waals surface area (Å²) in [6.07, 6.45) is -2.27. The predicted octanol–water partition coefficient (Wildman–Crippen LogP) is 2.77. The first kappa shape index (κ1) is 10.8. The quantitative estimate of drug-likeness (QED) is 0.719. The summed E-state index contributed by atoms with van der Waals surface area (Å²) in [6.45, 7) is 0. The van der Waals surface area contributed by atoms with Crippen LogP contribution in [0.15, 0.2) is 6.20 Å². The molecule has 0 bridgehead atoms. The minimum Gasteiger partial charge on any atom is -0.252 e. The smallest absolute Gasteiger partial charge is 0.252 e. The second-order valence-electron chi connectivity index (χ2n) is 2.39. The van der Waals surface area contributed by atoms with Crippen molar-refractivity contribution < 1.29 is 13.2 Å². The zero-order valence-corrected chi connectivity index (χ0v) is 7.52. The normalized spacial score (nSPS) is 10.3. The van der Waals surface area contributed by atoms with Gasteiger partial charge in [0.1, 0.15) is 11.8 Å². The standard InChI is InChI=1S/C8H4ClF3N2/c9-1-4-5(2-13)6(10)3-14-7(4)8(11)12/h3,8H,1H2. The highest BCUT2D eigenvalue weighted by molar-refractivity contribution is 6.17. The van der Waals surface area contributed by atoms with E-state index >= 15 is 0 Å². The molecule has 0 aliphatic heterocycles. The summed E-state index contributed by atoms with van der Waals surface area (Å²) in [7, 11) is 0. The highest BCUT2D eigenvalue weighted by Gasteiger charge is 2.20. The highest BCUT2D eigenvalue weighted by atomic mass is 35.5. The minimum absolute atomic E-state index is 0.246. The van der Waals surface area contributed by atoms with Crippen LogP contribution in [-0.2, 0) is 5.88 Å².